The Morgan fingerprint density at radius 3 is 2.56 bits per heavy atom. The van der Waals surface area contributed by atoms with Crippen LogP contribution in [-0.2, 0) is 0 Å². The summed E-state index contributed by atoms with van der Waals surface area (Å²) in [6.45, 7) is 6.90. The lowest BCUT2D eigenvalue weighted by atomic mass is 10.1. The van der Waals surface area contributed by atoms with Gasteiger partial charge in [0.1, 0.15) is 0 Å². The number of nitro groups is 1. The van der Waals surface area contributed by atoms with Gasteiger partial charge in [0, 0.05) is 37.0 Å². The fourth-order valence-electron chi connectivity index (χ4n) is 1.97. The van der Waals surface area contributed by atoms with Crippen LogP contribution in [0.4, 0.5) is 11.4 Å². The second-order valence-electron chi connectivity index (χ2n) is 4.59. The predicted octanol–water partition coefficient (Wildman–Crippen LogP) is 2.50. The highest BCUT2D eigenvalue weighted by Gasteiger charge is 2.15. The molecule has 0 bridgehead atoms. The van der Waals surface area contributed by atoms with Gasteiger partial charge in [0.25, 0.3) is 5.69 Å². The molecule has 0 saturated heterocycles. The zero-order chi connectivity index (χ0) is 13.7. The normalized spacial score (nSPS) is 10.7. The first-order valence-electron chi connectivity index (χ1n) is 6.10. The molecule has 0 heterocycles. The number of aliphatic hydroxyl groups excluding tert-OH is 1. The summed E-state index contributed by atoms with van der Waals surface area (Å²) in [6.07, 6.45) is 0.689. The summed E-state index contributed by atoms with van der Waals surface area (Å²) >= 11 is 0. The Balaban J connectivity index is 3.01. The maximum Gasteiger partial charge on any atom is 0.269 e. The summed E-state index contributed by atoms with van der Waals surface area (Å²) in [5, 5.41) is 19.6. The molecule has 1 aromatic rings. The largest absolute Gasteiger partial charge is 0.396 e. The molecule has 0 aliphatic heterocycles. The number of anilines is 1. The average molecular weight is 252 g/mol. The number of aryl methyl sites for hydroxylation is 1. The number of benzene rings is 1. The van der Waals surface area contributed by atoms with Crippen molar-refractivity contribution in [2.75, 3.05) is 18.1 Å². The third-order valence-corrected chi connectivity index (χ3v) is 2.88. The van der Waals surface area contributed by atoms with Crippen molar-refractivity contribution in [1.82, 2.24) is 0 Å². The summed E-state index contributed by atoms with van der Waals surface area (Å²) < 4.78 is 0. The van der Waals surface area contributed by atoms with Gasteiger partial charge in [-0.3, -0.25) is 10.1 Å². The van der Waals surface area contributed by atoms with Gasteiger partial charge >= 0.3 is 0 Å². The summed E-state index contributed by atoms with van der Waals surface area (Å²) in [5.41, 5.74) is 1.99. The maximum absolute atomic E-state index is 10.7. The minimum atomic E-state index is -0.385. The van der Waals surface area contributed by atoms with Gasteiger partial charge in [-0.15, -0.1) is 0 Å². The second kappa shape index (κ2) is 6.35. The van der Waals surface area contributed by atoms with Crippen molar-refractivity contribution in [3.05, 3.63) is 33.9 Å². The lowest BCUT2D eigenvalue weighted by Gasteiger charge is -2.30. The van der Waals surface area contributed by atoms with Crippen LogP contribution in [0.15, 0.2) is 18.2 Å². The van der Waals surface area contributed by atoms with Gasteiger partial charge in [-0.05, 0) is 38.8 Å². The molecule has 1 N–H and O–H groups in total. The molecule has 0 aromatic heterocycles. The van der Waals surface area contributed by atoms with Gasteiger partial charge < -0.3 is 10.0 Å². The van der Waals surface area contributed by atoms with Crippen molar-refractivity contribution in [2.24, 2.45) is 0 Å². The van der Waals surface area contributed by atoms with Gasteiger partial charge in [-0.2, -0.15) is 0 Å². The number of hydrogen-bond donors (Lipinski definition) is 1. The third kappa shape index (κ3) is 3.43. The molecule has 5 heteroatoms. The Kier molecular flexibility index (Phi) is 5.09. The van der Waals surface area contributed by atoms with E-state index in [2.05, 4.69) is 18.7 Å². The van der Waals surface area contributed by atoms with E-state index in [1.807, 2.05) is 6.92 Å². The van der Waals surface area contributed by atoms with Crippen molar-refractivity contribution in [3.63, 3.8) is 0 Å². The van der Waals surface area contributed by atoms with Crippen molar-refractivity contribution in [2.45, 2.75) is 33.2 Å². The lowest BCUT2D eigenvalue weighted by molar-refractivity contribution is -0.384. The van der Waals surface area contributed by atoms with Gasteiger partial charge in [0.2, 0.25) is 0 Å². The molecule has 0 amide bonds. The van der Waals surface area contributed by atoms with Crippen molar-refractivity contribution in [3.8, 4) is 0 Å². The topological polar surface area (TPSA) is 66.6 Å². The van der Waals surface area contributed by atoms with E-state index in [0.29, 0.717) is 6.42 Å². The van der Waals surface area contributed by atoms with Gasteiger partial charge in [-0.25, -0.2) is 0 Å². The van der Waals surface area contributed by atoms with Crippen LogP contribution in [0, 0.1) is 17.0 Å². The molecule has 0 atom stereocenters. The van der Waals surface area contributed by atoms with Crippen molar-refractivity contribution >= 4 is 11.4 Å². The summed E-state index contributed by atoms with van der Waals surface area (Å²) in [4.78, 5) is 12.5. The molecule has 5 nitrogen and oxygen atoms in total. The van der Waals surface area contributed by atoms with Crippen LogP contribution in [0.5, 0.6) is 0 Å². The van der Waals surface area contributed by atoms with E-state index in [1.54, 1.807) is 12.1 Å². The van der Waals surface area contributed by atoms with E-state index >= 15 is 0 Å². The van der Waals surface area contributed by atoms with Crippen LogP contribution < -0.4 is 4.90 Å². The molecule has 0 radical (unpaired) electrons. The number of hydrogen-bond acceptors (Lipinski definition) is 4. The molecule has 18 heavy (non-hydrogen) atoms. The van der Waals surface area contributed by atoms with Gasteiger partial charge in [-0.1, -0.05) is 0 Å². The molecule has 1 aromatic carbocycles. The van der Waals surface area contributed by atoms with Crippen LogP contribution in [0.3, 0.4) is 0 Å². The Hall–Kier alpha value is -1.62. The molecule has 0 fully saturated rings. The molecule has 0 saturated carbocycles. The van der Waals surface area contributed by atoms with Crippen LogP contribution >= 0.6 is 0 Å². The highest BCUT2D eigenvalue weighted by molar-refractivity contribution is 5.57. The fourth-order valence-corrected chi connectivity index (χ4v) is 1.97. The zero-order valence-electron chi connectivity index (χ0n) is 11.1. The van der Waals surface area contributed by atoms with E-state index < -0.39 is 0 Å². The van der Waals surface area contributed by atoms with Gasteiger partial charge in [0.05, 0.1) is 4.92 Å². The lowest BCUT2D eigenvalue weighted by Crippen LogP contribution is -2.32. The predicted molar refractivity (Wildman–Crippen MR) is 72.0 cm³/mol. The maximum atomic E-state index is 10.7. The molecular formula is C13H20N2O3. The standard InChI is InChI=1S/C13H20N2O3/c1-10(2)14(7-4-8-16)13-6-5-12(15(17)18)9-11(13)3/h5-6,9-10,16H,4,7-8H2,1-3H3. The van der Waals surface area contributed by atoms with Crippen LogP contribution in [-0.4, -0.2) is 29.2 Å². The molecule has 0 unspecified atom stereocenters. The Morgan fingerprint density at radius 1 is 1.44 bits per heavy atom. The number of aliphatic hydroxyl groups is 1. The fraction of sp³-hybridized carbons (Fsp3) is 0.538. The van der Waals surface area contributed by atoms with E-state index in [0.717, 1.165) is 17.8 Å². The molecule has 0 aliphatic rings. The molecule has 100 valence electrons. The smallest absolute Gasteiger partial charge is 0.269 e. The molecular weight excluding hydrogens is 232 g/mol. The van der Waals surface area contributed by atoms with Crippen LogP contribution in [0.1, 0.15) is 25.8 Å². The van der Waals surface area contributed by atoms with Crippen LogP contribution in [0.2, 0.25) is 0 Å². The first-order valence-corrected chi connectivity index (χ1v) is 6.10. The average Bonchev–Trinajstić information content (AvgIpc) is 2.30. The zero-order valence-corrected chi connectivity index (χ0v) is 11.1. The number of nitro benzene ring substituents is 1. The van der Waals surface area contributed by atoms with Crippen molar-refractivity contribution < 1.29 is 10.0 Å². The minimum Gasteiger partial charge on any atom is -0.396 e. The monoisotopic (exact) mass is 252 g/mol. The van der Waals surface area contributed by atoms with E-state index in [-0.39, 0.29) is 23.3 Å². The summed E-state index contributed by atoms with van der Waals surface area (Å²) in [5.74, 6) is 0. The number of nitrogens with zero attached hydrogens (tertiary/aromatic N) is 2. The number of rotatable bonds is 6. The third-order valence-electron chi connectivity index (χ3n) is 2.88. The Morgan fingerprint density at radius 2 is 2.11 bits per heavy atom. The highest BCUT2D eigenvalue weighted by Crippen LogP contribution is 2.26. The first-order chi connectivity index (χ1) is 8.47. The highest BCUT2D eigenvalue weighted by atomic mass is 16.6. The van der Waals surface area contributed by atoms with Gasteiger partial charge in [0.15, 0.2) is 0 Å². The van der Waals surface area contributed by atoms with E-state index in [9.17, 15) is 10.1 Å². The van der Waals surface area contributed by atoms with E-state index in [4.69, 9.17) is 5.11 Å². The summed E-state index contributed by atoms with van der Waals surface area (Å²) in [6, 6.07) is 5.18. The molecule has 0 spiro atoms. The molecule has 0 aliphatic carbocycles. The van der Waals surface area contributed by atoms with Crippen molar-refractivity contribution in [1.29, 1.82) is 0 Å². The Bertz CT molecular complexity index is 419. The SMILES string of the molecule is Cc1cc([N+](=O)[O-])ccc1N(CCCO)C(C)C. The first kappa shape index (κ1) is 14.4. The minimum absolute atomic E-state index is 0.113. The summed E-state index contributed by atoms with van der Waals surface area (Å²) in [7, 11) is 0. The molecule has 1 rings (SSSR count). The second-order valence-corrected chi connectivity index (χ2v) is 4.59. The number of non-ortho nitro benzene ring substituents is 1. The van der Waals surface area contributed by atoms with E-state index in [1.165, 1.54) is 6.07 Å². The Labute approximate surface area is 107 Å². The van der Waals surface area contributed by atoms with Crippen LogP contribution in [0.25, 0.3) is 0 Å². The quantitative estimate of drug-likeness (QED) is 0.624.